The van der Waals surface area contributed by atoms with Gasteiger partial charge in [-0.25, -0.2) is 0 Å². The minimum atomic E-state index is 1.02. The third kappa shape index (κ3) is 6.12. The second-order valence-electron chi connectivity index (χ2n) is 4.27. The minimum absolute atomic E-state index is 1.02. The predicted molar refractivity (Wildman–Crippen MR) is 62.0 cm³/mol. The Kier molecular flexibility index (Phi) is 8.59. The molecule has 0 N–H and O–H groups in total. The summed E-state index contributed by atoms with van der Waals surface area (Å²) < 4.78 is 0. The van der Waals surface area contributed by atoms with Crippen molar-refractivity contribution < 1.29 is 0 Å². The Morgan fingerprint density at radius 2 is 1.54 bits per heavy atom. The average Bonchev–Trinajstić information content (AvgIpc) is 2.20. The zero-order valence-corrected chi connectivity index (χ0v) is 10.1. The Balaban J connectivity index is 0.000000671. The molecule has 1 saturated carbocycles. The molecule has 0 amide bonds. The van der Waals surface area contributed by atoms with E-state index in [-0.39, 0.29) is 0 Å². The monoisotopic (exact) mass is 184 g/mol. The molecule has 0 aromatic carbocycles. The molecular formula is C13H28. The van der Waals surface area contributed by atoms with Crippen molar-refractivity contribution in [3.05, 3.63) is 0 Å². The molecule has 0 aromatic heterocycles. The van der Waals surface area contributed by atoms with E-state index < -0.39 is 0 Å². The Hall–Kier alpha value is 0. The fourth-order valence-corrected chi connectivity index (χ4v) is 2.11. The van der Waals surface area contributed by atoms with Crippen molar-refractivity contribution in [2.75, 3.05) is 0 Å². The van der Waals surface area contributed by atoms with Crippen LogP contribution in [0.4, 0.5) is 0 Å². The first-order valence-electron chi connectivity index (χ1n) is 6.33. The molecule has 0 heterocycles. The van der Waals surface area contributed by atoms with E-state index in [4.69, 9.17) is 0 Å². The number of unbranched alkanes of at least 4 members (excludes halogenated alkanes) is 1. The standard InChI is InChI=1S/C11H22.C2H6/c1-3-4-5-11-8-6-10(2)7-9-11;1-2/h10-11H,3-9H2,1-2H3;1-2H3. The van der Waals surface area contributed by atoms with Crippen LogP contribution in [-0.2, 0) is 0 Å². The van der Waals surface area contributed by atoms with Crippen LogP contribution in [0.15, 0.2) is 0 Å². The van der Waals surface area contributed by atoms with Crippen molar-refractivity contribution >= 4 is 0 Å². The second-order valence-corrected chi connectivity index (χ2v) is 4.27. The molecule has 1 aliphatic rings. The van der Waals surface area contributed by atoms with Gasteiger partial charge < -0.3 is 0 Å². The largest absolute Gasteiger partial charge is 0.0683 e. The first-order chi connectivity index (χ1) is 6.33. The van der Waals surface area contributed by atoms with Crippen LogP contribution in [0.2, 0.25) is 0 Å². The molecule has 0 nitrogen and oxygen atoms in total. The first-order valence-corrected chi connectivity index (χ1v) is 6.33. The maximum atomic E-state index is 2.40. The zero-order chi connectivity index (χ0) is 10.1. The minimum Gasteiger partial charge on any atom is -0.0683 e. The Labute approximate surface area is 85.1 Å². The van der Waals surface area contributed by atoms with Gasteiger partial charge in [0.25, 0.3) is 0 Å². The summed E-state index contributed by atoms with van der Waals surface area (Å²) in [4.78, 5) is 0. The molecule has 0 bridgehead atoms. The van der Waals surface area contributed by atoms with Gasteiger partial charge in [0.05, 0.1) is 0 Å². The molecule has 1 aliphatic carbocycles. The van der Waals surface area contributed by atoms with Crippen molar-refractivity contribution in [1.29, 1.82) is 0 Å². The van der Waals surface area contributed by atoms with E-state index in [9.17, 15) is 0 Å². The van der Waals surface area contributed by atoms with E-state index >= 15 is 0 Å². The molecule has 80 valence electrons. The van der Waals surface area contributed by atoms with Gasteiger partial charge in [-0.1, -0.05) is 72.6 Å². The normalized spacial score (nSPS) is 27.7. The van der Waals surface area contributed by atoms with Gasteiger partial charge in [-0.15, -0.1) is 0 Å². The van der Waals surface area contributed by atoms with Gasteiger partial charge in [-0.3, -0.25) is 0 Å². The van der Waals surface area contributed by atoms with E-state index in [0.29, 0.717) is 0 Å². The lowest BCUT2D eigenvalue weighted by molar-refractivity contribution is 0.273. The summed E-state index contributed by atoms with van der Waals surface area (Å²) in [6, 6.07) is 0. The molecule has 0 aliphatic heterocycles. The topological polar surface area (TPSA) is 0 Å². The van der Waals surface area contributed by atoms with Gasteiger partial charge in [0.15, 0.2) is 0 Å². The molecule has 0 saturated heterocycles. The molecule has 13 heavy (non-hydrogen) atoms. The molecule has 0 atom stereocenters. The fourth-order valence-electron chi connectivity index (χ4n) is 2.11. The summed E-state index contributed by atoms with van der Waals surface area (Å²) in [5, 5.41) is 0. The van der Waals surface area contributed by atoms with Crippen molar-refractivity contribution in [2.45, 2.75) is 72.6 Å². The number of rotatable bonds is 3. The lowest BCUT2D eigenvalue weighted by Crippen LogP contribution is -2.11. The summed E-state index contributed by atoms with van der Waals surface area (Å²) in [7, 11) is 0. The van der Waals surface area contributed by atoms with E-state index in [1.807, 2.05) is 13.8 Å². The van der Waals surface area contributed by atoms with Gasteiger partial charge in [0.2, 0.25) is 0 Å². The molecule has 1 fully saturated rings. The third-order valence-corrected chi connectivity index (χ3v) is 3.10. The van der Waals surface area contributed by atoms with Crippen molar-refractivity contribution in [2.24, 2.45) is 11.8 Å². The quantitative estimate of drug-likeness (QED) is 0.577. The van der Waals surface area contributed by atoms with Gasteiger partial charge in [0.1, 0.15) is 0 Å². The van der Waals surface area contributed by atoms with Crippen LogP contribution in [0.1, 0.15) is 72.6 Å². The molecule has 0 radical (unpaired) electrons. The SMILES string of the molecule is CC.CCCCC1CCC(C)CC1. The highest BCUT2D eigenvalue weighted by atomic mass is 14.2. The summed E-state index contributed by atoms with van der Waals surface area (Å²) in [6.07, 6.45) is 10.4. The molecule has 0 unspecified atom stereocenters. The molecule has 0 aromatic rings. The fraction of sp³-hybridized carbons (Fsp3) is 1.00. The highest BCUT2D eigenvalue weighted by Gasteiger charge is 2.16. The lowest BCUT2D eigenvalue weighted by atomic mass is 9.81. The Bertz CT molecular complexity index is 85.5. The summed E-state index contributed by atoms with van der Waals surface area (Å²) in [5.41, 5.74) is 0. The lowest BCUT2D eigenvalue weighted by Gasteiger charge is -2.25. The predicted octanol–water partition coefficient (Wildman–Crippen LogP) is 5.03. The van der Waals surface area contributed by atoms with E-state index in [1.165, 1.54) is 44.9 Å². The smallest absolute Gasteiger partial charge is 0.0414 e. The van der Waals surface area contributed by atoms with E-state index in [1.54, 1.807) is 0 Å². The van der Waals surface area contributed by atoms with Gasteiger partial charge >= 0.3 is 0 Å². The first kappa shape index (κ1) is 13.0. The third-order valence-electron chi connectivity index (χ3n) is 3.10. The highest BCUT2D eigenvalue weighted by molar-refractivity contribution is 4.69. The van der Waals surface area contributed by atoms with Crippen LogP contribution in [-0.4, -0.2) is 0 Å². The number of hydrogen-bond donors (Lipinski definition) is 0. The maximum Gasteiger partial charge on any atom is -0.0414 e. The Morgan fingerprint density at radius 1 is 1.00 bits per heavy atom. The average molecular weight is 184 g/mol. The molecular weight excluding hydrogens is 156 g/mol. The van der Waals surface area contributed by atoms with Crippen LogP contribution in [0.5, 0.6) is 0 Å². The maximum absolute atomic E-state index is 2.40. The van der Waals surface area contributed by atoms with E-state index in [0.717, 1.165) is 11.8 Å². The van der Waals surface area contributed by atoms with Crippen molar-refractivity contribution in [3.63, 3.8) is 0 Å². The van der Waals surface area contributed by atoms with Gasteiger partial charge in [0, 0.05) is 0 Å². The molecule has 0 heteroatoms. The van der Waals surface area contributed by atoms with Crippen LogP contribution < -0.4 is 0 Å². The zero-order valence-electron chi connectivity index (χ0n) is 10.1. The Morgan fingerprint density at radius 3 is 2.00 bits per heavy atom. The molecule has 1 rings (SSSR count). The van der Waals surface area contributed by atoms with Crippen LogP contribution in [0, 0.1) is 11.8 Å². The van der Waals surface area contributed by atoms with Gasteiger partial charge in [-0.2, -0.15) is 0 Å². The highest BCUT2D eigenvalue weighted by Crippen LogP contribution is 2.31. The van der Waals surface area contributed by atoms with Crippen molar-refractivity contribution in [3.8, 4) is 0 Å². The molecule has 0 spiro atoms. The van der Waals surface area contributed by atoms with Crippen LogP contribution in [0.3, 0.4) is 0 Å². The van der Waals surface area contributed by atoms with Crippen LogP contribution >= 0.6 is 0 Å². The summed E-state index contributed by atoms with van der Waals surface area (Å²) >= 11 is 0. The summed E-state index contributed by atoms with van der Waals surface area (Å²) in [5.74, 6) is 2.11. The second kappa shape index (κ2) is 8.59. The number of hydrogen-bond acceptors (Lipinski definition) is 0. The summed E-state index contributed by atoms with van der Waals surface area (Å²) in [6.45, 7) is 8.70. The van der Waals surface area contributed by atoms with Gasteiger partial charge in [-0.05, 0) is 11.8 Å². The van der Waals surface area contributed by atoms with E-state index in [2.05, 4.69) is 13.8 Å². The van der Waals surface area contributed by atoms with Crippen LogP contribution in [0.25, 0.3) is 0 Å². The van der Waals surface area contributed by atoms with Crippen molar-refractivity contribution in [1.82, 2.24) is 0 Å².